The summed E-state index contributed by atoms with van der Waals surface area (Å²) in [6.45, 7) is 1.92. The van der Waals surface area contributed by atoms with E-state index in [-0.39, 0.29) is 15.5 Å². The van der Waals surface area contributed by atoms with Gasteiger partial charge in [0.1, 0.15) is 5.02 Å². The van der Waals surface area contributed by atoms with Crippen LogP contribution in [0.3, 0.4) is 0 Å². The van der Waals surface area contributed by atoms with Gasteiger partial charge >= 0.3 is 0 Å². The number of aryl methyl sites for hydroxylation is 1. The lowest BCUT2D eigenvalue weighted by molar-refractivity contribution is 1.17. The van der Waals surface area contributed by atoms with Crippen LogP contribution in [0.1, 0.15) is 5.56 Å². The smallest absolute Gasteiger partial charge is 0.225 e. The van der Waals surface area contributed by atoms with Crippen molar-refractivity contribution in [2.45, 2.75) is 6.92 Å². The largest absolute Gasteiger partial charge is 0.398 e. The van der Waals surface area contributed by atoms with Gasteiger partial charge in [0.25, 0.3) is 0 Å². The molecule has 0 spiro atoms. The highest BCUT2D eigenvalue weighted by molar-refractivity contribution is 6.43. The maximum atomic E-state index is 5.98. The van der Waals surface area contributed by atoms with Gasteiger partial charge in [-0.2, -0.15) is 4.98 Å². The van der Waals surface area contributed by atoms with Crippen molar-refractivity contribution < 1.29 is 0 Å². The van der Waals surface area contributed by atoms with Gasteiger partial charge in [0, 0.05) is 11.4 Å². The van der Waals surface area contributed by atoms with Crippen molar-refractivity contribution in [2.24, 2.45) is 0 Å². The zero-order chi connectivity index (χ0) is 13.3. The maximum Gasteiger partial charge on any atom is 0.225 e. The molecule has 0 bridgehead atoms. The summed E-state index contributed by atoms with van der Waals surface area (Å²) in [5.41, 5.74) is 8.22. The quantitative estimate of drug-likeness (QED) is 0.498. The van der Waals surface area contributed by atoms with Crippen LogP contribution in [0.5, 0.6) is 0 Å². The van der Waals surface area contributed by atoms with Gasteiger partial charge in [-0.25, -0.2) is 4.98 Å². The van der Waals surface area contributed by atoms with Gasteiger partial charge in [-0.05, 0) is 36.2 Å². The van der Waals surface area contributed by atoms with Crippen molar-refractivity contribution in [1.82, 2.24) is 9.97 Å². The number of nitrogens with two attached hydrogens (primary N) is 1. The Morgan fingerprint density at radius 3 is 2.56 bits per heavy atom. The highest BCUT2D eigenvalue weighted by Crippen LogP contribution is 2.30. The molecular weight excluding hydrogens is 295 g/mol. The topological polar surface area (TPSA) is 63.8 Å². The Morgan fingerprint density at radius 2 is 1.89 bits per heavy atom. The minimum Gasteiger partial charge on any atom is -0.398 e. The van der Waals surface area contributed by atoms with Crippen molar-refractivity contribution in [3.63, 3.8) is 0 Å². The van der Waals surface area contributed by atoms with Crippen LogP contribution in [-0.4, -0.2) is 9.97 Å². The summed E-state index contributed by atoms with van der Waals surface area (Å²) in [6.07, 6.45) is 0. The number of benzene rings is 1. The van der Waals surface area contributed by atoms with Crippen LogP contribution in [0.4, 0.5) is 17.2 Å². The zero-order valence-electron chi connectivity index (χ0n) is 9.34. The lowest BCUT2D eigenvalue weighted by Gasteiger charge is -2.10. The van der Waals surface area contributed by atoms with Gasteiger partial charge < -0.3 is 11.1 Å². The molecule has 2 aromatic rings. The second-order valence-electron chi connectivity index (χ2n) is 3.64. The number of rotatable bonds is 2. The van der Waals surface area contributed by atoms with E-state index in [9.17, 15) is 0 Å². The minimum atomic E-state index is 0.0204. The number of halogens is 3. The number of hydrogen-bond acceptors (Lipinski definition) is 4. The average Bonchev–Trinajstić information content (AvgIpc) is 2.30. The predicted octanol–water partition coefficient (Wildman–Crippen LogP) is 4.07. The number of aromatic nitrogens is 2. The first kappa shape index (κ1) is 13.2. The molecule has 18 heavy (non-hydrogen) atoms. The molecule has 94 valence electrons. The summed E-state index contributed by atoms with van der Waals surface area (Å²) >= 11 is 17.5. The third-order valence-electron chi connectivity index (χ3n) is 2.33. The third kappa shape index (κ3) is 2.77. The standard InChI is InChI=1S/C11H9Cl3N4/c1-5-2-3-6(4-7(5)15)16-10-8(12)9(13)17-11(14)18-10/h2-4H,15H2,1H3,(H,16,17,18). The van der Waals surface area contributed by atoms with Gasteiger partial charge in [-0.15, -0.1) is 0 Å². The average molecular weight is 304 g/mol. The molecule has 4 nitrogen and oxygen atoms in total. The Morgan fingerprint density at radius 1 is 1.17 bits per heavy atom. The van der Waals surface area contributed by atoms with Crippen LogP contribution in [0.15, 0.2) is 18.2 Å². The Kier molecular flexibility index (Phi) is 3.80. The predicted molar refractivity (Wildman–Crippen MR) is 75.9 cm³/mol. The Bertz CT molecular complexity index is 601. The fourth-order valence-electron chi connectivity index (χ4n) is 1.33. The monoisotopic (exact) mass is 302 g/mol. The molecule has 0 aliphatic heterocycles. The van der Waals surface area contributed by atoms with E-state index in [1.54, 1.807) is 6.07 Å². The van der Waals surface area contributed by atoms with Crippen molar-refractivity contribution in [3.8, 4) is 0 Å². The second-order valence-corrected chi connectivity index (χ2v) is 4.72. The van der Waals surface area contributed by atoms with Crippen molar-refractivity contribution in [2.75, 3.05) is 11.1 Å². The van der Waals surface area contributed by atoms with Crippen LogP contribution in [0.25, 0.3) is 0 Å². The molecule has 0 saturated carbocycles. The Hall–Kier alpha value is -1.23. The molecule has 1 heterocycles. The second kappa shape index (κ2) is 5.18. The fraction of sp³-hybridized carbons (Fsp3) is 0.0909. The summed E-state index contributed by atoms with van der Waals surface area (Å²) in [7, 11) is 0. The van der Waals surface area contributed by atoms with E-state index in [2.05, 4.69) is 15.3 Å². The highest BCUT2D eigenvalue weighted by Gasteiger charge is 2.10. The van der Waals surface area contributed by atoms with Crippen molar-refractivity contribution in [3.05, 3.63) is 39.2 Å². The van der Waals surface area contributed by atoms with E-state index in [0.29, 0.717) is 11.5 Å². The van der Waals surface area contributed by atoms with E-state index in [1.807, 2.05) is 19.1 Å². The molecule has 1 aromatic heterocycles. The number of hydrogen-bond donors (Lipinski definition) is 2. The van der Waals surface area contributed by atoms with E-state index in [4.69, 9.17) is 40.5 Å². The first-order chi connectivity index (χ1) is 8.47. The highest BCUT2D eigenvalue weighted by atomic mass is 35.5. The van der Waals surface area contributed by atoms with Crippen LogP contribution >= 0.6 is 34.8 Å². The molecule has 0 radical (unpaired) electrons. The Labute approximate surface area is 119 Å². The SMILES string of the molecule is Cc1ccc(Nc2nc(Cl)nc(Cl)c2Cl)cc1N. The molecule has 0 fully saturated rings. The molecule has 1 aromatic carbocycles. The van der Waals surface area contributed by atoms with E-state index in [1.165, 1.54) is 0 Å². The molecular formula is C11H9Cl3N4. The van der Waals surface area contributed by atoms with E-state index in [0.717, 1.165) is 11.3 Å². The lowest BCUT2D eigenvalue weighted by Crippen LogP contribution is -1.99. The summed E-state index contributed by atoms with van der Waals surface area (Å²) in [5.74, 6) is 0.338. The number of nitrogen functional groups attached to an aromatic ring is 1. The fourth-order valence-corrected chi connectivity index (χ4v) is 1.85. The number of nitrogens with one attached hydrogen (secondary N) is 1. The summed E-state index contributed by atoms with van der Waals surface area (Å²) < 4.78 is 0. The summed E-state index contributed by atoms with van der Waals surface area (Å²) in [6, 6.07) is 5.51. The van der Waals surface area contributed by atoms with Gasteiger partial charge in [0.15, 0.2) is 11.0 Å². The lowest BCUT2D eigenvalue weighted by atomic mass is 10.2. The van der Waals surface area contributed by atoms with Crippen molar-refractivity contribution in [1.29, 1.82) is 0 Å². The van der Waals surface area contributed by atoms with Crippen molar-refractivity contribution >= 4 is 52.0 Å². The normalized spacial score (nSPS) is 10.4. The first-order valence-corrected chi connectivity index (χ1v) is 6.12. The molecule has 7 heteroatoms. The van der Waals surface area contributed by atoms with Crippen LogP contribution in [0, 0.1) is 6.92 Å². The van der Waals surface area contributed by atoms with E-state index >= 15 is 0 Å². The van der Waals surface area contributed by atoms with Crippen LogP contribution < -0.4 is 11.1 Å². The minimum absolute atomic E-state index is 0.0204. The van der Waals surface area contributed by atoms with Gasteiger partial charge in [0.05, 0.1) is 0 Å². The maximum absolute atomic E-state index is 5.98. The van der Waals surface area contributed by atoms with Crippen LogP contribution in [-0.2, 0) is 0 Å². The van der Waals surface area contributed by atoms with Gasteiger partial charge in [-0.3, -0.25) is 0 Å². The zero-order valence-corrected chi connectivity index (χ0v) is 11.6. The van der Waals surface area contributed by atoms with Crippen LogP contribution in [0.2, 0.25) is 15.5 Å². The third-order valence-corrected chi connectivity index (χ3v) is 3.22. The molecule has 0 unspecified atom stereocenters. The molecule has 0 aliphatic carbocycles. The molecule has 3 N–H and O–H groups in total. The number of nitrogens with zero attached hydrogens (tertiary/aromatic N) is 2. The van der Waals surface area contributed by atoms with Gasteiger partial charge in [0.2, 0.25) is 5.28 Å². The first-order valence-electron chi connectivity index (χ1n) is 4.99. The molecule has 0 atom stereocenters. The summed E-state index contributed by atoms with van der Waals surface area (Å²) in [5, 5.41) is 3.32. The molecule has 0 saturated heterocycles. The molecule has 0 amide bonds. The molecule has 0 aliphatic rings. The Balaban J connectivity index is 2.36. The summed E-state index contributed by atoms with van der Waals surface area (Å²) in [4.78, 5) is 7.70. The van der Waals surface area contributed by atoms with Gasteiger partial charge in [-0.1, -0.05) is 29.3 Å². The molecule has 2 rings (SSSR count). The van der Waals surface area contributed by atoms with E-state index < -0.39 is 0 Å². The number of anilines is 3.